The van der Waals surface area contributed by atoms with Gasteiger partial charge in [-0.25, -0.2) is 15.0 Å². The molecule has 1 aliphatic heterocycles. The normalized spacial score (nSPS) is 16.6. The van der Waals surface area contributed by atoms with Crippen molar-refractivity contribution in [2.45, 2.75) is 43.0 Å². The summed E-state index contributed by atoms with van der Waals surface area (Å²) in [6.07, 6.45) is 5.75. The van der Waals surface area contributed by atoms with E-state index in [1.165, 1.54) is 22.9 Å². The van der Waals surface area contributed by atoms with Crippen LogP contribution in [0.2, 0.25) is 0 Å². The maximum atomic E-state index is 6.32. The standard InChI is InChI=1S/C25H27N5OS/c1-32-25-28-23(26)22-24(29-25)30(21-14-8-9-15-31-21)20(27-22)16-19(17-10-4-2-5-11-17)18-12-6-3-7-13-18/h2-7,10-13,19,21H,8-9,14-16H2,1H3,(H2,26,28,29). The molecule has 7 heteroatoms. The number of rotatable bonds is 6. The van der Waals surface area contributed by atoms with E-state index in [1.807, 2.05) is 6.26 Å². The molecule has 164 valence electrons. The number of benzene rings is 2. The minimum atomic E-state index is -0.0834. The van der Waals surface area contributed by atoms with Gasteiger partial charge >= 0.3 is 0 Å². The molecule has 1 saturated heterocycles. The Labute approximate surface area is 192 Å². The van der Waals surface area contributed by atoms with Gasteiger partial charge in [-0.1, -0.05) is 72.4 Å². The summed E-state index contributed by atoms with van der Waals surface area (Å²) in [5.41, 5.74) is 10.3. The van der Waals surface area contributed by atoms with Crippen LogP contribution >= 0.6 is 11.8 Å². The van der Waals surface area contributed by atoms with Crippen molar-refractivity contribution in [1.29, 1.82) is 0 Å². The quantitative estimate of drug-likeness (QED) is 0.324. The smallest absolute Gasteiger partial charge is 0.191 e. The number of aromatic nitrogens is 4. The molecule has 4 aromatic rings. The highest BCUT2D eigenvalue weighted by molar-refractivity contribution is 7.98. The average Bonchev–Trinajstić information content (AvgIpc) is 3.22. The van der Waals surface area contributed by atoms with Crippen LogP contribution in [0, 0.1) is 0 Å². The zero-order valence-corrected chi connectivity index (χ0v) is 19.0. The minimum Gasteiger partial charge on any atom is -0.382 e. The molecule has 0 bridgehead atoms. The van der Waals surface area contributed by atoms with Crippen LogP contribution in [-0.4, -0.2) is 32.4 Å². The molecule has 2 aromatic heterocycles. The Balaban J connectivity index is 1.65. The van der Waals surface area contributed by atoms with Crippen molar-refractivity contribution in [3.63, 3.8) is 0 Å². The van der Waals surface area contributed by atoms with Gasteiger partial charge in [-0.3, -0.25) is 4.57 Å². The summed E-state index contributed by atoms with van der Waals surface area (Å²) in [6, 6.07) is 21.2. The van der Waals surface area contributed by atoms with E-state index in [0.29, 0.717) is 16.5 Å². The van der Waals surface area contributed by atoms with Crippen molar-refractivity contribution in [2.24, 2.45) is 0 Å². The highest BCUT2D eigenvalue weighted by Gasteiger charge is 2.27. The Kier molecular flexibility index (Phi) is 6.10. The lowest BCUT2D eigenvalue weighted by Gasteiger charge is -2.27. The fraction of sp³-hybridized carbons (Fsp3) is 0.320. The fourth-order valence-electron chi connectivity index (χ4n) is 4.47. The lowest BCUT2D eigenvalue weighted by atomic mass is 9.88. The average molecular weight is 446 g/mol. The van der Waals surface area contributed by atoms with Gasteiger partial charge in [-0.15, -0.1) is 0 Å². The monoisotopic (exact) mass is 445 g/mol. The third-order valence-corrected chi connectivity index (χ3v) is 6.58. The second kappa shape index (κ2) is 9.30. The summed E-state index contributed by atoms with van der Waals surface area (Å²) < 4.78 is 8.36. The molecule has 1 fully saturated rings. The third-order valence-electron chi connectivity index (χ3n) is 6.04. The molecule has 32 heavy (non-hydrogen) atoms. The molecule has 0 amide bonds. The zero-order chi connectivity index (χ0) is 21.9. The maximum Gasteiger partial charge on any atom is 0.191 e. The summed E-state index contributed by atoms with van der Waals surface area (Å²) >= 11 is 1.49. The summed E-state index contributed by atoms with van der Waals surface area (Å²) in [7, 11) is 0. The van der Waals surface area contributed by atoms with Crippen LogP contribution in [-0.2, 0) is 11.2 Å². The number of hydrogen-bond acceptors (Lipinski definition) is 6. The van der Waals surface area contributed by atoms with Crippen molar-refractivity contribution in [3.8, 4) is 0 Å². The molecule has 2 N–H and O–H groups in total. The molecule has 3 heterocycles. The molecular formula is C25H27N5OS. The highest BCUT2D eigenvalue weighted by atomic mass is 32.2. The van der Waals surface area contributed by atoms with Gasteiger partial charge in [-0.2, -0.15) is 0 Å². The van der Waals surface area contributed by atoms with Crippen LogP contribution in [0.1, 0.15) is 48.4 Å². The zero-order valence-electron chi connectivity index (χ0n) is 18.1. The molecule has 5 rings (SSSR count). The van der Waals surface area contributed by atoms with Crippen molar-refractivity contribution in [3.05, 3.63) is 77.6 Å². The molecule has 0 aliphatic carbocycles. The Bertz CT molecular complexity index is 1150. The third kappa shape index (κ3) is 4.10. The molecule has 1 unspecified atom stereocenters. The van der Waals surface area contributed by atoms with Crippen LogP contribution in [0.3, 0.4) is 0 Å². The summed E-state index contributed by atoms with van der Waals surface area (Å²) in [6.45, 7) is 0.751. The topological polar surface area (TPSA) is 78.8 Å². The highest BCUT2D eigenvalue weighted by Crippen LogP contribution is 2.34. The molecule has 2 aromatic carbocycles. The molecule has 1 atom stereocenters. The van der Waals surface area contributed by atoms with Gasteiger partial charge in [0.15, 0.2) is 22.1 Å². The van der Waals surface area contributed by atoms with Gasteiger partial charge in [0.2, 0.25) is 0 Å². The molecule has 0 radical (unpaired) electrons. The van der Waals surface area contributed by atoms with Gasteiger partial charge in [0, 0.05) is 18.9 Å². The first-order chi connectivity index (χ1) is 15.7. The first-order valence-corrected chi connectivity index (χ1v) is 12.3. The van der Waals surface area contributed by atoms with E-state index in [-0.39, 0.29) is 12.1 Å². The van der Waals surface area contributed by atoms with Crippen LogP contribution in [0.5, 0.6) is 0 Å². The van der Waals surface area contributed by atoms with Gasteiger partial charge in [0.1, 0.15) is 12.1 Å². The van der Waals surface area contributed by atoms with Crippen LogP contribution in [0.15, 0.2) is 65.8 Å². The molecule has 0 spiro atoms. The summed E-state index contributed by atoms with van der Waals surface area (Å²) in [4.78, 5) is 14.2. The number of nitrogens with zero attached hydrogens (tertiary/aromatic N) is 4. The number of thioether (sulfide) groups is 1. The Hall–Kier alpha value is -2.90. The lowest BCUT2D eigenvalue weighted by molar-refractivity contribution is -0.0314. The van der Waals surface area contributed by atoms with Crippen molar-refractivity contribution in [2.75, 3.05) is 18.6 Å². The largest absolute Gasteiger partial charge is 0.382 e. The number of imidazole rings is 1. The number of nitrogen functional groups attached to an aromatic ring is 1. The van der Waals surface area contributed by atoms with E-state index in [9.17, 15) is 0 Å². The molecule has 0 saturated carbocycles. The molecule has 1 aliphatic rings. The predicted octanol–water partition coefficient (Wildman–Crippen LogP) is 5.20. The van der Waals surface area contributed by atoms with E-state index in [2.05, 4.69) is 70.2 Å². The van der Waals surface area contributed by atoms with Crippen molar-refractivity contribution >= 4 is 28.7 Å². The van der Waals surface area contributed by atoms with E-state index in [4.69, 9.17) is 20.4 Å². The second-order valence-electron chi connectivity index (χ2n) is 8.07. The Morgan fingerprint density at radius 3 is 2.28 bits per heavy atom. The van der Waals surface area contributed by atoms with Crippen molar-refractivity contribution in [1.82, 2.24) is 19.5 Å². The molecular weight excluding hydrogens is 418 g/mol. The van der Waals surface area contributed by atoms with E-state index >= 15 is 0 Å². The molecule has 6 nitrogen and oxygen atoms in total. The van der Waals surface area contributed by atoms with Gasteiger partial charge < -0.3 is 10.5 Å². The second-order valence-corrected chi connectivity index (χ2v) is 8.84. The van der Waals surface area contributed by atoms with Gasteiger partial charge in [-0.05, 0) is 36.6 Å². The first kappa shape index (κ1) is 21.0. The Morgan fingerprint density at radius 2 is 1.69 bits per heavy atom. The van der Waals surface area contributed by atoms with Crippen LogP contribution in [0.25, 0.3) is 11.2 Å². The van der Waals surface area contributed by atoms with Crippen LogP contribution in [0.4, 0.5) is 5.82 Å². The number of anilines is 1. The summed E-state index contributed by atoms with van der Waals surface area (Å²) in [5.74, 6) is 1.51. The summed E-state index contributed by atoms with van der Waals surface area (Å²) in [5, 5.41) is 0.654. The predicted molar refractivity (Wildman–Crippen MR) is 129 cm³/mol. The first-order valence-electron chi connectivity index (χ1n) is 11.0. The fourth-order valence-corrected chi connectivity index (χ4v) is 4.83. The number of hydrogen-bond donors (Lipinski definition) is 1. The van der Waals surface area contributed by atoms with Gasteiger partial charge in [0.05, 0.1) is 0 Å². The van der Waals surface area contributed by atoms with E-state index in [1.54, 1.807) is 0 Å². The van der Waals surface area contributed by atoms with E-state index in [0.717, 1.165) is 43.8 Å². The van der Waals surface area contributed by atoms with Crippen molar-refractivity contribution < 1.29 is 4.74 Å². The number of ether oxygens (including phenoxy) is 1. The van der Waals surface area contributed by atoms with Gasteiger partial charge in [0.25, 0.3) is 0 Å². The Morgan fingerprint density at radius 1 is 1.00 bits per heavy atom. The number of nitrogens with two attached hydrogens (primary N) is 1. The minimum absolute atomic E-state index is 0.0834. The number of fused-ring (bicyclic) bond motifs is 1. The van der Waals surface area contributed by atoms with Crippen LogP contribution < -0.4 is 5.73 Å². The van der Waals surface area contributed by atoms with E-state index < -0.39 is 0 Å². The lowest BCUT2D eigenvalue weighted by Crippen LogP contribution is -2.21. The maximum absolute atomic E-state index is 6.32. The SMILES string of the molecule is CSc1nc(N)c2nc(CC(c3ccccc3)c3ccccc3)n(C3CCCCO3)c2n1.